The molecule has 0 amide bonds. The van der Waals surface area contributed by atoms with Crippen molar-refractivity contribution < 1.29 is 76.0 Å². The van der Waals surface area contributed by atoms with Crippen molar-refractivity contribution in [2.45, 2.75) is 13.0 Å². The average molecular weight is 466 g/mol. The van der Waals surface area contributed by atoms with Gasteiger partial charge >= 0.3 is 35.5 Å². The second-order valence-electron chi connectivity index (χ2n) is 5.80. The Balaban J connectivity index is 0.00000450. The third-order valence-corrected chi connectivity index (χ3v) is 3.87. The number of anilines is 1. The van der Waals surface area contributed by atoms with Crippen LogP contribution in [0.1, 0.15) is 24.1 Å². The number of carbonyl (C=O) groups is 1. The van der Waals surface area contributed by atoms with Crippen molar-refractivity contribution in [2.24, 2.45) is 10.9 Å². The zero-order valence-corrected chi connectivity index (χ0v) is 19.8. The van der Waals surface area contributed by atoms with E-state index >= 15 is 0 Å². The van der Waals surface area contributed by atoms with E-state index in [4.69, 9.17) is 25.5 Å². The van der Waals surface area contributed by atoms with E-state index in [9.17, 15) is 14.3 Å². The molecule has 0 saturated carbocycles. The molecule has 0 aliphatic heterocycles. The van der Waals surface area contributed by atoms with Gasteiger partial charge in [0.1, 0.15) is 12.4 Å². The zero-order chi connectivity index (χ0) is 21.4. The van der Waals surface area contributed by atoms with Gasteiger partial charge in [0, 0.05) is 22.9 Å². The van der Waals surface area contributed by atoms with Crippen LogP contribution in [0.5, 0.6) is 11.5 Å². The molecule has 0 saturated heterocycles. The van der Waals surface area contributed by atoms with Crippen molar-refractivity contribution in [1.29, 1.82) is 0 Å². The summed E-state index contributed by atoms with van der Waals surface area (Å²) in [4.78, 5) is 11.8. The largest absolute Gasteiger partial charge is 1.00 e. The number of aliphatic hydroxyl groups excluding tert-OH is 1. The predicted octanol–water partition coefficient (Wildman–Crippen LogP) is -4.06. The van der Waals surface area contributed by atoms with Gasteiger partial charge in [-0.2, -0.15) is 0 Å². The molecule has 9 nitrogen and oxygen atoms in total. The fourth-order valence-electron chi connectivity index (χ4n) is 2.54. The van der Waals surface area contributed by atoms with Gasteiger partial charge in [-0.05, 0) is 37.3 Å². The normalized spacial score (nSPS) is 11.5. The van der Waals surface area contributed by atoms with Crippen molar-refractivity contribution in [3.05, 3.63) is 53.3 Å². The van der Waals surface area contributed by atoms with E-state index in [1.807, 2.05) is 0 Å². The van der Waals surface area contributed by atoms with Crippen LogP contribution in [0.3, 0.4) is 0 Å². The van der Waals surface area contributed by atoms with Gasteiger partial charge in [0.2, 0.25) is 0 Å². The number of ether oxygens (including phenoxy) is 2. The Morgan fingerprint density at radius 2 is 1.84 bits per heavy atom. The minimum atomic E-state index is -1.42. The molecule has 0 aliphatic rings. The van der Waals surface area contributed by atoms with Crippen molar-refractivity contribution in [1.82, 2.24) is 0 Å². The SMILES string of the molecule is CCOc1cc(C(Nc2ccc(C(N)=NO)cc2)C(=O)O)c(F)cc1OCCO.[Cl-].[Na+]. The molecule has 0 radical (unpaired) electrons. The minimum Gasteiger partial charge on any atom is -1.00 e. The van der Waals surface area contributed by atoms with Crippen LogP contribution in [0.15, 0.2) is 41.6 Å². The number of hydrogen-bond acceptors (Lipinski definition) is 7. The Morgan fingerprint density at radius 1 is 1.23 bits per heavy atom. The predicted molar refractivity (Wildman–Crippen MR) is 103 cm³/mol. The minimum absolute atomic E-state index is 0. The number of hydrogen-bond donors (Lipinski definition) is 5. The molecule has 0 bridgehead atoms. The van der Waals surface area contributed by atoms with Gasteiger partial charge in [0.25, 0.3) is 0 Å². The van der Waals surface area contributed by atoms with E-state index in [1.54, 1.807) is 6.92 Å². The van der Waals surface area contributed by atoms with Crippen LogP contribution < -0.4 is 62.5 Å². The van der Waals surface area contributed by atoms with Crippen LogP contribution in [-0.2, 0) is 4.79 Å². The number of benzene rings is 2. The number of halogens is 2. The summed E-state index contributed by atoms with van der Waals surface area (Å²) < 4.78 is 25.3. The maximum absolute atomic E-state index is 14.7. The van der Waals surface area contributed by atoms with Crippen molar-refractivity contribution >= 4 is 17.5 Å². The summed E-state index contributed by atoms with van der Waals surface area (Å²) in [7, 11) is 0. The number of nitrogens with one attached hydrogen (secondary N) is 1. The summed E-state index contributed by atoms with van der Waals surface area (Å²) in [6.07, 6.45) is 0. The molecule has 2 aromatic carbocycles. The number of rotatable bonds is 10. The molecule has 12 heteroatoms. The van der Waals surface area contributed by atoms with Crippen molar-refractivity contribution in [3.8, 4) is 11.5 Å². The summed E-state index contributed by atoms with van der Waals surface area (Å²) in [6, 6.07) is 6.92. The third kappa shape index (κ3) is 7.75. The summed E-state index contributed by atoms with van der Waals surface area (Å²) in [5, 5.41) is 32.8. The Hall–Kier alpha value is -2.24. The quantitative estimate of drug-likeness (QED) is 0.0783. The number of aliphatic carboxylic acids is 1. The number of aliphatic hydroxyl groups is 1. The molecule has 0 heterocycles. The maximum atomic E-state index is 14.7. The molecular formula is C19H22ClFN3NaO6. The molecule has 1 atom stereocenters. The summed E-state index contributed by atoms with van der Waals surface area (Å²) in [6.45, 7) is 1.64. The van der Waals surface area contributed by atoms with E-state index in [-0.39, 0.29) is 84.7 Å². The average Bonchev–Trinajstić information content (AvgIpc) is 2.72. The topological polar surface area (TPSA) is 147 Å². The van der Waals surface area contributed by atoms with Gasteiger partial charge in [-0.15, -0.1) is 0 Å². The zero-order valence-electron chi connectivity index (χ0n) is 17.0. The number of carboxylic acids is 1. The Labute approximate surface area is 206 Å². The standard InChI is InChI=1S/C19H22FN3O6.ClH.Na/c1-2-28-15-9-13(14(20)10-16(15)29-8-7-24)17(19(25)26)22-12-5-3-11(4-6-12)18(21)23-27;;/h3-6,9-10,17,22,24,27H,2,7-8H2,1H3,(H2,21,23)(H,25,26);1H;/q;;+1/p-1. The molecule has 0 fully saturated rings. The van der Waals surface area contributed by atoms with Crippen molar-refractivity contribution in [2.75, 3.05) is 25.1 Å². The first kappa shape index (κ1) is 28.8. The maximum Gasteiger partial charge on any atom is 1.00 e. The van der Waals surface area contributed by atoms with Crippen LogP contribution in [0.2, 0.25) is 0 Å². The number of oxime groups is 1. The molecule has 6 N–H and O–H groups in total. The van der Waals surface area contributed by atoms with Crippen LogP contribution in [-0.4, -0.2) is 47.0 Å². The first-order chi connectivity index (χ1) is 13.9. The van der Waals surface area contributed by atoms with E-state index in [0.717, 1.165) is 6.07 Å². The first-order valence-corrected chi connectivity index (χ1v) is 8.68. The van der Waals surface area contributed by atoms with Gasteiger partial charge in [0.05, 0.1) is 13.2 Å². The van der Waals surface area contributed by atoms with Gasteiger partial charge < -0.3 is 48.4 Å². The second kappa shape index (κ2) is 13.9. The molecule has 2 rings (SSSR count). The molecular weight excluding hydrogens is 444 g/mol. The molecule has 0 spiro atoms. The Kier molecular flexibility index (Phi) is 12.9. The van der Waals surface area contributed by atoms with Gasteiger partial charge in [-0.25, -0.2) is 9.18 Å². The number of nitrogens with two attached hydrogens (primary N) is 1. The Morgan fingerprint density at radius 3 is 2.35 bits per heavy atom. The van der Waals surface area contributed by atoms with E-state index in [2.05, 4.69) is 10.5 Å². The van der Waals surface area contributed by atoms with Crippen LogP contribution in [0, 0.1) is 5.82 Å². The van der Waals surface area contributed by atoms with Crippen LogP contribution in [0.25, 0.3) is 0 Å². The monoisotopic (exact) mass is 465 g/mol. The smallest absolute Gasteiger partial charge is 1.00 e. The molecule has 1 unspecified atom stereocenters. The molecule has 0 aromatic heterocycles. The molecule has 164 valence electrons. The molecule has 31 heavy (non-hydrogen) atoms. The van der Waals surface area contributed by atoms with Crippen LogP contribution in [0.4, 0.5) is 10.1 Å². The number of carboxylic acid groups (broad SMARTS) is 1. The fraction of sp³-hybridized carbons (Fsp3) is 0.263. The van der Waals surface area contributed by atoms with Gasteiger partial charge in [-0.1, -0.05) is 5.16 Å². The third-order valence-electron chi connectivity index (χ3n) is 3.87. The van der Waals surface area contributed by atoms with E-state index in [0.29, 0.717) is 11.3 Å². The Bertz CT molecular complexity index is 886. The number of nitrogens with zero attached hydrogens (tertiary/aromatic N) is 1. The van der Waals surface area contributed by atoms with E-state index in [1.165, 1.54) is 30.3 Å². The summed E-state index contributed by atoms with van der Waals surface area (Å²) in [5.41, 5.74) is 6.15. The van der Waals surface area contributed by atoms with Gasteiger partial charge in [-0.3, -0.25) is 0 Å². The van der Waals surface area contributed by atoms with Crippen molar-refractivity contribution in [3.63, 3.8) is 0 Å². The van der Waals surface area contributed by atoms with Crippen LogP contribution >= 0.6 is 0 Å². The first-order valence-electron chi connectivity index (χ1n) is 8.68. The fourth-order valence-corrected chi connectivity index (χ4v) is 2.54. The molecule has 0 aliphatic carbocycles. The van der Waals surface area contributed by atoms with E-state index < -0.39 is 17.8 Å². The summed E-state index contributed by atoms with van der Waals surface area (Å²) in [5.74, 6) is -2.00. The van der Waals surface area contributed by atoms with Gasteiger partial charge in [0.15, 0.2) is 23.4 Å². The summed E-state index contributed by atoms with van der Waals surface area (Å²) >= 11 is 0. The number of amidine groups is 1. The molecule has 2 aromatic rings. The second-order valence-corrected chi connectivity index (χ2v) is 5.80.